The molecule has 6 nitrogen and oxygen atoms in total. The van der Waals surface area contributed by atoms with Gasteiger partial charge < -0.3 is 0 Å². The van der Waals surface area contributed by atoms with Gasteiger partial charge in [-0.3, -0.25) is 19.5 Å². The standard InChI is InChI=1S/C18H11F2N3O3/c19-14-3-1-10(8-15(14)20)7-11-5-6-22-17(11)21-16-4-2-12(23(25)26)9-13(16)18(22)24/h1-4,7-9H,5-6H2/b11-7-. The van der Waals surface area contributed by atoms with Crippen LogP contribution < -0.4 is 5.56 Å². The van der Waals surface area contributed by atoms with Crippen LogP contribution in [0.2, 0.25) is 0 Å². The van der Waals surface area contributed by atoms with Crippen LogP contribution >= 0.6 is 0 Å². The lowest BCUT2D eigenvalue weighted by molar-refractivity contribution is -0.384. The first-order chi connectivity index (χ1) is 12.4. The molecule has 0 saturated heterocycles. The fourth-order valence-electron chi connectivity index (χ4n) is 3.06. The maximum Gasteiger partial charge on any atom is 0.270 e. The van der Waals surface area contributed by atoms with E-state index in [-0.39, 0.29) is 16.6 Å². The topological polar surface area (TPSA) is 78.0 Å². The summed E-state index contributed by atoms with van der Waals surface area (Å²) in [5.74, 6) is -1.45. The van der Waals surface area contributed by atoms with Crippen molar-refractivity contribution in [1.82, 2.24) is 9.55 Å². The van der Waals surface area contributed by atoms with Gasteiger partial charge in [0.1, 0.15) is 5.82 Å². The normalized spacial score (nSPS) is 14.8. The predicted octanol–water partition coefficient (Wildman–Crippen LogP) is 3.53. The molecule has 3 aromatic rings. The van der Waals surface area contributed by atoms with E-state index in [1.54, 1.807) is 6.08 Å². The average molecular weight is 355 g/mol. The van der Waals surface area contributed by atoms with E-state index in [4.69, 9.17) is 0 Å². The quantitative estimate of drug-likeness (QED) is 0.520. The van der Waals surface area contributed by atoms with Crippen LogP contribution in [0.5, 0.6) is 0 Å². The molecule has 0 N–H and O–H groups in total. The zero-order chi connectivity index (χ0) is 18.4. The first-order valence-corrected chi connectivity index (χ1v) is 7.79. The summed E-state index contributed by atoms with van der Waals surface area (Å²) in [6.07, 6.45) is 2.16. The minimum Gasteiger partial charge on any atom is -0.292 e. The van der Waals surface area contributed by atoms with Crippen LogP contribution in [0.1, 0.15) is 17.8 Å². The molecule has 4 rings (SSSR count). The van der Waals surface area contributed by atoms with Gasteiger partial charge in [-0.1, -0.05) is 6.07 Å². The number of halogens is 2. The molecule has 0 radical (unpaired) electrons. The predicted molar refractivity (Wildman–Crippen MR) is 91.5 cm³/mol. The Morgan fingerprint density at radius 1 is 1.15 bits per heavy atom. The zero-order valence-corrected chi connectivity index (χ0v) is 13.3. The summed E-state index contributed by atoms with van der Waals surface area (Å²) in [6, 6.07) is 7.50. The zero-order valence-electron chi connectivity index (χ0n) is 13.3. The molecule has 2 heterocycles. The lowest BCUT2D eigenvalue weighted by Crippen LogP contribution is -2.20. The van der Waals surface area contributed by atoms with E-state index in [0.29, 0.717) is 35.4 Å². The second-order valence-electron chi connectivity index (χ2n) is 5.94. The molecule has 0 spiro atoms. The molecule has 2 aromatic carbocycles. The highest BCUT2D eigenvalue weighted by molar-refractivity contribution is 5.85. The molecule has 0 aliphatic carbocycles. The molecule has 1 aromatic heterocycles. The highest BCUT2D eigenvalue weighted by Crippen LogP contribution is 2.28. The summed E-state index contributed by atoms with van der Waals surface area (Å²) in [7, 11) is 0. The number of nitro groups is 1. The van der Waals surface area contributed by atoms with E-state index in [1.165, 1.54) is 28.8 Å². The van der Waals surface area contributed by atoms with E-state index < -0.39 is 16.6 Å². The molecular weight excluding hydrogens is 344 g/mol. The molecule has 0 fully saturated rings. The van der Waals surface area contributed by atoms with Crippen molar-refractivity contribution in [1.29, 1.82) is 0 Å². The monoisotopic (exact) mass is 355 g/mol. The number of nitrogens with zero attached hydrogens (tertiary/aromatic N) is 3. The van der Waals surface area contributed by atoms with Crippen LogP contribution in [0.3, 0.4) is 0 Å². The Labute approximate surface area is 145 Å². The van der Waals surface area contributed by atoms with Crippen LogP contribution in [-0.4, -0.2) is 14.5 Å². The highest BCUT2D eigenvalue weighted by Gasteiger charge is 2.22. The maximum absolute atomic E-state index is 13.4. The number of fused-ring (bicyclic) bond motifs is 2. The minimum atomic E-state index is -0.950. The second-order valence-corrected chi connectivity index (χ2v) is 5.94. The first kappa shape index (κ1) is 16.1. The third kappa shape index (κ3) is 2.55. The smallest absolute Gasteiger partial charge is 0.270 e. The molecule has 8 heteroatoms. The Hall–Kier alpha value is -3.42. The van der Waals surface area contributed by atoms with Crippen LogP contribution in [0, 0.1) is 21.7 Å². The Kier molecular flexibility index (Phi) is 3.61. The summed E-state index contributed by atoms with van der Waals surface area (Å²) in [4.78, 5) is 27.4. The van der Waals surface area contributed by atoms with Gasteiger partial charge in [-0.25, -0.2) is 13.8 Å². The minimum absolute atomic E-state index is 0.174. The number of hydrogen-bond donors (Lipinski definition) is 0. The molecule has 0 atom stereocenters. The molecule has 0 saturated carbocycles. The number of rotatable bonds is 2. The summed E-state index contributed by atoms with van der Waals surface area (Å²) < 4.78 is 27.9. The van der Waals surface area contributed by atoms with Crippen molar-refractivity contribution in [2.45, 2.75) is 13.0 Å². The maximum atomic E-state index is 13.4. The third-order valence-electron chi connectivity index (χ3n) is 4.33. The number of hydrogen-bond acceptors (Lipinski definition) is 4. The fraction of sp³-hybridized carbons (Fsp3) is 0.111. The van der Waals surface area contributed by atoms with Crippen molar-refractivity contribution in [3.8, 4) is 0 Å². The molecular formula is C18H11F2N3O3. The average Bonchev–Trinajstić information content (AvgIpc) is 3.01. The number of benzene rings is 2. The van der Waals surface area contributed by atoms with Crippen LogP contribution in [0.25, 0.3) is 22.6 Å². The van der Waals surface area contributed by atoms with E-state index in [0.717, 1.165) is 12.1 Å². The van der Waals surface area contributed by atoms with E-state index in [9.17, 15) is 23.7 Å². The van der Waals surface area contributed by atoms with Gasteiger partial charge in [0.2, 0.25) is 0 Å². The summed E-state index contributed by atoms with van der Waals surface area (Å²) >= 11 is 0. The van der Waals surface area contributed by atoms with Crippen molar-refractivity contribution < 1.29 is 13.7 Å². The SMILES string of the molecule is O=c1c2cc([N+](=O)[O-])ccc2nc2n1CC/C2=C/c1ccc(F)c(F)c1. The van der Waals surface area contributed by atoms with Crippen molar-refractivity contribution in [3.05, 3.63) is 79.9 Å². The Morgan fingerprint density at radius 3 is 2.69 bits per heavy atom. The molecule has 1 aliphatic rings. The molecule has 1 aliphatic heterocycles. The molecule has 0 bridgehead atoms. The summed E-state index contributed by atoms with van der Waals surface area (Å²) in [6.45, 7) is 0.370. The van der Waals surface area contributed by atoms with Gasteiger partial charge in [0, 0.05) is 18.7 Å². The van der Waals surface area contributed by atoms with Gasteiger partial charge in [-0.2, -0.15) is 0 Å². The largest absolute Gasteiger partial charge is 0.292 e. The van der Waals surface area contributed by atoms with Gasteiger partial charge in [0.05, 0.1) is 15.8 Å². The molecule has 26 heavy (non-hydrogen) atoms. The Morgan fingerprint density at radius 2 is 1.96 bits per heavy atom. The number of allylic oxidation sites excluding steroid dienone is 1. The van der Waals surface area contributed by atoms with Gasteiger partial charge in [0.15, 0.2) is 11.6 Å². The van der Waals surface area contributed by atoms with E-state index in [1.807, 2.05) is 0 Å². The van der Waals surface area contributed by atoms with Crippen molar-refractivity contribution in [3.63, 3.8) is 0 Å². The Bertz CT molecular complexity index is 1170. The van der Waals surface area contributed by atoms with Crippen molar-refractivity contribution in [2.24, 2.45) is 0 Å². The van der Waals surface area contributed by atoms with Crippen LogP contribution in [0.15, 0.2) is 41.2 Å². The fourth-order valence-corrected chi connectivity index (χ4v) is 3.06. The summed E-state index contributed by atoms with van der Waals surface area (Å²) in [5.41, 5.74) is 0.999. The highest BCUT2D eigenvalue weighted by atomic mass is 19.2. The first-order valence-electron chi connectivity index (χ1n) is 7.79. The number of aromatic nitrogens is 2. The van der Waals surface area contributed by atoms with Gasteiger partial charge in [-0.15, -0.1) is 0 Å². The van der Waals surface area contributed by atoms with Gasteiger partial charge >= 0.3 is 0 Å². The lowest BCUT2D eigenvalue weighted by Gasteiger charge is -2.05. The third-order valence-corrected chi connectivity index (χ3v) is 4.33. The lowest BCUT2D eigenvalue weighted by atomic mass is 10.1. The summed E-state index contributed by atoms with van der Waals surface area (Å²) in [5, 5.41) is 11.1. The van der Waals surface area contributed by atoms with Crippen LogP contribution in [-0.2, 0) is 6.54 Å². The van der Waals surface area contributed by atoms with Crippen molar-refractivity contribution >= 4 is 28.2 Å². The van der Waals surface area contributed by atoms with Crippen LogP contribution in [0.4, 0.5) is 14.5 Å². The van der Waals surface area contributed by atoms with Crippen molar-refractivity contribution in [2.75, 3.05) is 0 Å². The van der Waals surface area contributed by atoms with Gasteiger partial charge in [-0.05, 0) is 41.8 Å². The van der Waals surface area contributed by atoms with E-state index >= 15 is 0 Å². The second kappa shape index (κ2) is 5.83. The number of non-ortho nitro benzene ring substituents is 1. The molecule has 0 amide bonds. The van der Waals surface area contributed by atoms with Gasteiger partial charge in [0.25, 0.3) is 11.2 Å². The number of nitro benzene ring substituents is 1. The molecule has 130 valence electrons. The Balaban J connectivity index is 1.86. The van der Waals surface area contributed by atoms with E-state index in [2.05, 4.69) is 4.98 Å². The molecule has 0 unspecified atom stereocenters.